The summed E-state index contributed by atoms with van der Waals surface area (Å²) in [7, 11) is -4.12. The van der Waals surface area contributed by atoms with Crippen LogP contribution in [-0.4, -0.2) is 39.3 Å². The Morgan fingerprint density at radius 1 is 0.860 bits per heavy atom. The first-order chi connectivity index (χ1) is 20.5. The largest absolute Gasteiger partial charge is 0.496 e. The highest BCUT2D eigenvalue weighted by Gasteiger charge is 2.59. The summed E-state index contributed by atoms with van der Waals surface area (Å²) in [6.07, 6.45) is 0. The minimum Gasteiger partial charge on any atom is -0.496 e. The van der Waals surface area contributed by atoms with Crippen molar-refractivity contribution in [3.05, 3.63) is 128 Å². The number of nitrogens with zero attached hydrogens (tertiary/aromatic N) is 4. The molecule has 1 fully saturated rings. The van der Waals surface area contributed by atoms with Crippen molar-refractivity contribution in [1.82, 2.24) is 18.2 Å². The first-order valence-corrected chi connectivity index (χ1v) is 15.9. The minimum absolute atomic E-state index is 0.00615. The van der Waals surface area contributed by atoms with E-state index < -0.39 is 44.9 Å². The molecule has 1 unspecified atom stereocenters. The van der Waals surface area contributed by atoms with Crippen LogP contribution in [0.3, 0.4) is 0 Å². The summed E-state index contributed by atoms with van der Waals surface area (Å²) in [4.78, 5) is 28.4. The van der Waals surface area contributed by atoms with Crippen LogP contribution in [0.1, 0.15) is 50.9 Å². The highest BCUT2D eigenvalue weighted by Crippen LogP contribution is 2.56. The zero-order chi connectivity index (χ0) is 30.7. The molecule has 2 aliphatic rings. The van der Waals surface area contributed by atoms with Crippen molar-refractivity contribution in [2.24, 2.45) is 5.41 Å². The Kier molecular flexibility index (Phi) is 7.09. The molecule has 4 aromatic rings. The van der Waals surface area contributed by atoms with E-state index in [0.29, 0.717) is 23.6 Å². The van der Waals surface area contributed by atoms with E-state index in [1.54, 1.807) is 52.8 Å². The van der Waals surface area contributed by atoms with E-state index in [1.165, 1.54) is 9.36 Å². The fourth-order valence-electron chi connectivity index (χ4n) is 6.53. The number of aromatic nitrogens is 3. The van der Waals surface area contributed by atoms with Crippen molar-refractivity contribution in [2.75, 3.05) is 6.61 Å². The Morgan fingerprint density at radius 2 is 1.47 bits per heavy atom. The number of hydrogen-bond donors (Lipinski definition) is 0. The van der Waals surface area contributed by atoms with Crippen LogP contribution in [0.15, 0.2) is 111 Å². The summed E-state index contributed by atoms with van der Waals surface area (Å²) in [5.74, 6) is 0.504. The number of rotatable bonds is 6. The van der Waals surface area contributed by atoms with Gasteiger partial charge in [0.15, 0.2) is 0 Å². The maximum atomic E-state index is 14.8. The first kappa shape index (κ1) is 28.9. The molecule has 0 radical (unpaired) electrons. The molecular weight excluding hydrogens is 564 g/mol. The summed E-state index contributed by atoms with van der Waals surface area (Å²) in [5, 5.41) is 0. The molecule has 1 aromatic heterocycles. The van der Waals surface area contributed by atoms with Gasteiger partial charge in [0.2, 0.25) is 10.0 Å². The Balaban J connectivity index is 1.70. The van der Waals surface area contributed by atoms with Crippen LogP contribution in [0.5, 0.6) is 0 Å². The second-order valence-corrected chi connectivity index (χ2v) is 14.0. The van der Waals surface area contributed by atoms with Gasteiger partial charge in [0.25, 0.3) is 0 Å². The fraction of sp³-hybridized carbons (Fsp3) is 0.333. The van der Waals surface area contributed by atoms with Gasteiger partial charge in [0.05, 0.1) is 35.3 Å². The normalized spacial score (nSPS) is 20.6. The molecule has 6 rings (SSSR count). The predicted octanol–water partition coefficient (Wildman–Crippen LogP) is 4.81. The second kappa shape index (κ2) is 10.5. The third-order valence-electron chi connectivity index (χ3n) is 8.31. The van der Waals surface area contributed by atoms with Crippen molar-refractivity contribution in [3.8, 4) is 5.69 Å². The Bertz CT molecular complexity index is 1920. The zero-order valence-corrected chi connectivity index (χ0v) is 25.8. The number of benzene rings is 3. The summed E-state index contributed by atoms with van der Waals surface area (Å²) >= 11 is 0. The molecule has 10 heteroatoms. The number of allylic oxidation sites excluding steroid dienone is 1. The van der Waals surface area contributed by atoms with E-state index in [4.69, 9.17) is 4.74 Å². The van der Waals surface area contributed by atoms with E-state index in [1.807, 2.05) is 71.0 Å². The Hall–Kier alpha value is -4.15. The SMILES string of the molecule is CCOC1=C2[C@H](c3ccccc3)N(S(=O)(=O)c3ccc(C)cc3)C(C(C)(C)C)[C@H]2n2c(=O)n(-c3ccccc3)c(=O)n2C1. The van der Waals surface area contributed by atoms with Gasteiger partial charge in [-0.2, -0.15) is 4.31 Å². The van der Waals surface area contributed by atoms with E-state index >= 15 is 0 Å². The second-order valence-electron chi connectivity index (χ2n) is 12.2. The standard InChI is InChI=1S/C33H36N4O5S/c1-6-42-26-21-34-31(38)35(24-15-11-8-12-16-24)32(39)36(34)29-27(26)28(23-13-9-7-10-14-23)37(30(29)33(3,4)5)43(40,41)25-19-17-22(2)18-20-25/h7-20,28-30H,6,21H2,1-5H3/t28-,29-,30?/m0/s1. The van der Waals surface area contributed by atoms with Crippen LogP contribution in [-0.2, 0) is 21.3 Å². The summed E-state index contributed by atoms with van der Waals surface area (Å²) < 4.78 is 41.4. The molecular formula is C33H36N4O5S. The maximum absolute atomic E-state index is 14.8. The molecule has 1 saturated heterocycles. The van der Waals surface area contributed by atoms with Crippen molar-refractivity contribution in [3.63, 3.8) is 0 Å². The molecule has 9 nitrogen and oxygen atoms in total. The van der Waals surface area contributed by atoms with Crippen LogP contribution < -0.4 is 11.4 Å². The average Bonchev–Trinajstić information content (AvgIpc) is 3.47. The van der Waals surface area contributed by atoms with Crippen LogP contribution in [0, 0.1) is 12.3 Å². The molecule has 3 aromatic carbocycles. The molecule has 3 atom stereocenters. The average molecular weight is 601 g/mol. The van der Waals surface area contributed by atoms with Gasteiger partial charge >= 0.3 is 11.4 Å². The van der Waals surface area contributed by atoms with Gasteiger partial charge in [-0.1, -0.05) is 87.0 Å². The number of fused-ring (bicyclic) bond motifs is 3. The van der Waals surface area contributed by atoms with Crippen LogP contribution in [0.4, 0.5) is 0 Å². The number of aryl methyl sites for hydroxylation is 1. The highest BCUT2D eigenvalue weighted by atomic mass is 32.2. The molecule has 0 spiro atoms. The van der Waals surface area contributed by atoms with Gasteiger partial charge in [-0.15, -0.1) is 0 Å². The van der Waals surface area contributed by atoms with Crippen molar-refractivity contribution in [1.29, 1.82) is 0 Å². The minimum atomic E-state index is -4.12. The van der Waals surface area contributed by atoms with Gasteiger partial charge in [0, 0.05) is 5.57 Å². The van der Waals surface area contributed by atoms with Crippen molar-refractivity contribution < 1.29 is 13.2 Å². The third kappa shape index (κ3) is 4.60. The summed E-state index contributed by atoms with van der Waals surface area (Å²) in [6.45, 7) is 10.00. The maximum Gasteiger partial charge on any atom is 0.352 e. The van der Waals surface area contributed by atoms with E-state index in [-0.39, 0.29) is 11.4 Å². The molecule has 43 heavy (non-hydrogen) atoms. The first-order valence-electron chi connectivity index (χ1n) is 14.5. The predicted molar refractivity (Wildman–Crippen MR) is 165 cm³/mol. The lowest BCUT2D eigenvalue weighted by molar-refractivity contribution is 0.138. The smallest absolute Gasteiger partial charge is 0.352 e. The number of para-hydroxylation sites is 1. The van der Waals surface area contributed by atoms with Crippen LogP contribution in [0.25, 0.3) is 5.69 Å². The fourth-order valence-corrected chi connectivity index (χ4v) is 8.49. The lowest BCUT2D eigenvalue weighted by Crippen LogP contribution is -2.49. The molecule has 0 saturated carbocycles. The molecule has 0 amide bonds. The molecule has 0 N–H and O–H groups in total. The van der Waals surface area contributed by atoms with Crippen LogP contribution >= 0.6 is 0 Å². The lowest BCUT2D eigenvalue weighted by Gasteiger charge is -2.39. The van der Waals surface area contributed by atoms with E-state index in [9.17, 15) is 18.0 Å². The number of hydrogen-bond acceptors (Lipinski definition) is 5. The topological polar surface area (TPSA) is 95.5 Å². The van der Waals surface area contributed by atoms with Crippen molar-refractivity contribution >= 4 is 10.0 Å². The van der Waals surface area contributed by atoms with Gasteiger partial charge in [-0.25, -0.2) is 31.9 Å². The molecule has 224 valence electrons. The quantitative estimate of drug-likeness (QED) is 0.317. The van der Waals surface area contributed by atoms with Gasteiger partial charge in [-0.05, 0) is 49.1 Å². The molecule has 2 aliphatic heterocycles. The zero-order valence-electron chi connectivity index (χ0n) is 25.0. The van der Waals surface area contributed by atoms with Gasteiger partial charge < -0.3 is 4.74 Å². The molecule has 0 bridgehead atoms. The number of sulfonamides is 1. The van der Waals surface area contributed by atoms with Crippen LogP contribution in [0.2, 0.25) is 0 Å². The Labute approximate surface area is 251 Å². The van der Waals surface area contributed by atoms with E-state index in [0.717, 1.165) is 15.7 Å². The molecule has 3 heterocycles. The molecule has 0 aliphatic carbocycles. The number of ether oxygens (including phenoxy) is 1. The summed E-state index contributed by atoms with van der Waals surface area (Å²) in [6, 6.07) is 22.7. The van der Waals surface area contributed by atoms with Gasteiger partial charge in [-0.3, -0.25) is 0 Å². The summed E-state index contributed by atoms with van der Waals surface area (Å²) in [5.41, 5.74) is 1.13. The van der Waals surface area contributed by atoms with Crippen molar-refractivity contribution in [2.45, 2.75) is 64.2 Å². The monoisotopic (exact) mass is 600 g/mol. The van der Waals surface area contributed by atoms with Gasteiger partial charge in [0.1, 0.15) is 12.3 Å². The lowest BCUT2D eigenvalue weighted by atomic mass is 9.81. The Morgan fingerprint density at radius 3 is 2.05 bits per heavy atom. The van der Waals surface area contributed by atoms with E-state index in [2.05, 4.69) is 0 Å². The third-order valence-corrected chi connectivity index (χ3v) is 10.2. The highest BCUT2D eigenvalue weighted by molar-refractivity contribution is 7.89.